The summed E-state index contributed by atoms with van der Waals surface area (Å²) in [5, 5.41) is 3.49. The molecule has 0 aromatic heterocycles. The average molecular weight is 175 g/mol. The minimum absolute atomic E-state index is 0.149. The van der Waals surface area contributed by atoms with Gasteiger partial charge in [-0.25, -0.2) is 0 Å². The zero-order chi connectivity index (χ0) is 9.42. The molecule has 1 heterocycles. The van der Waals surface area contributed by atoms with E-state index in [1.54, 1.807) is 11.9 Å². The number of carbonyl (C=O) groups is 1. The predicted molar refractivity (Wildman–Crippen MR) is 50.6 cm³/mol. The summed E-state index contributed by atoms with van der Waals surface area (Å²) in [4.78, 5) is 13.1. The molecular weight excluding hydrogens is 166 g/mol. The van der Waals surface area contributed by atoms with Gasteiger partial charge in [0, 0.05) is 12.6 Å². The summed E-state index contributed by atoms with van der Waals surface area (Å²) in [5.41, 5.74) is 1.99. The maximum absolute atomic E-state index is 11.5. The van der Waals surface area contributed by atoms with Gasteiger partial charge in [-0.15, -0.1) is 0 Å². The molecule has 4 heteroatoms. The first kappa shape index (κ1) is 7.79. The van der Waals surface area contributed by atoms with Crippen molar-refractivity contribution in [2.75, 3.05) is 11.9 Å². The highest BCUT2D eigenvalue weighted by Crippen LogP contribution is 2.26. The number of anilines is 1. The van der Waals surface area contributed by atoms with E-state index in [0.29, 0.717) is 5.71 Å². The van der Waals surface area contributed by atoms with E-state index in [4.69, 9.17) is 5.84 Å². The van der Waals surface area contributed by atoms with Crippen molar-refractivity contribution in [2.45, 2.75) is 0 Å². The van der Waals surface area contributed by atoms with Crippen LogP contribution < -0.4 is 10.7 Å². The number of nitrogens with zero attached hydrogens (tertiary/aromatic N) is 2. The van der Waals surface area contributed by atoms with Gasteiger partial charge in [0.25, 0.3) is 5.91 Å². The predicted octanol–water partition coefficient (Wildman–Crippen LogP) is 0.326. The monoisotopic (exact) mass is 175 g/mol. The first-order chi connectivity index (χ1) is 6.25. The van der Waals surface area contributed by atoms with E-state index in [9.17, 15) is 4.79 Å². The first-order valence-corrected chi connectivity index (χ1v) is 3.91. The molecular formula is C9H9N3O. The van der Waals surface area contributed by atoms with Crippen molar-refractivity contribution in [3.63, 3.8) is 0 Å². The second-order valence-corrected chi connectivity index (χ2v) is 2.86. The van der Waals surface area contributed by atoms with Crippen molar-refractivity contribution < 1.29 is 4.79 Å². The molecule has 1 aliphatic rings. The molecule has 4 nitrogen and oxygen atoms in total. The molecule has 2 N–H and O–H groups in total. The number of rotatable bonds is 0. The van der Waals surface area contributed by atoms with Crippen LogP contribution in [0.1, 0.15) is 5.56 Å². The van der Waals surface area contributed by atoms with Crippen LogP contribution in [0.5, 0.6) is 0 Å². The Bertz CT molecular complexity index is 398. The standard InChI is InChI=1S/C9H9N3O/c1-12-7-5-3-2-4-6(7)8(11-10)9(12)13/h2-5H,10H2,1H3. The minimum Gasteiger partial charge on any atom is -0.322 e. The fourth-order valence-electron chi connectivity index (χ4n) is 1.47. The number of nitrogens with two attached hydrogens (primary N) is 1. The van der Waals surface area contributed by atoms with Gasteiger partial charge in [0.2, 0.25) is 0 Å². The molecule has 13 heavy (non-hydrogen) atoms. The van der Waals surface area contributed by atoms with Gasteiger partial charge in [-0.05, 0) is 6.07 Å². The van der Waals surface area contributed by atoms with E-state index in [1.807, 2.05) is 24.3 Å². The first-order valence-electron chi connectivity index (χ1n) is 3.91. The fraction of sp³-hybridized carbons (Fsp3) is 0.111. The second-order valence-electron chi connectivity index (χ2n) is 2.86. The smallest absolute Gasteiger partial charge is 0.279 e. The Balaban J connectivity index is 2.67. The number of fused-ring (bicyclic) bond motifs is 1. The average Bonchev–Trinajstić information content (AvgIpc) is 2.41. The van der Waals surface area contributed by atoms with E-state index >= 15 is 0 Å². The van der Waals surface area contributed by atoms with Crippen LogP contribution in [0.15, 0.2) is 29.4 Å². The zero-order valence-corrected chi connectivity index (χ0v) is 7.19. The maximum Gasteiger partial charge on any atom is 0.279 e. The SMILES string of the molecule is CN1C(=O)C(=NN)c2ccccc21. The Morgan fingerprint density at radius 1 is 1.38 bits per heavy atom. The van der Waals surface area contributed by atoms with Crippen LogP contribution >= 0.6 is 0 Å². The van der Waals surface area contributed by atoms with E-state index in [0.717, 1.165) is 11.3 Å². The molecule has 1 aliphatic heterocycles. The highest BCUT2D eigenvalue weighted by Gasteiger charge is 2.30. The molecule has 0 atom stereocenters. The number of hydrogen-bond acceptors (Lipinski definition) is 3. The highest BCUT2D eigenvalue weighted by atomic mass is 16.2. The lowest BCUT2D eigenvalue weighted by Gasteiger charge is -2.07. The lowest BCUT2D eigenvalue weighted by molar-refractivity contribution is -0.111. The zero-order valence-electron chi connectivity index (χ0n) is 7.19. The molecule has 0 unspecified atom stereocenters. The summed E-state index contributed by atoms with van der Waals surface area (Å²) in [7, 11) is 1.71. The molecule has 0 fully saturated rings. The van der Waals surface area contributed by atoms with Crippen LogP contribution in [0.25, 0.3) is 0 Å². The molecule has 0 saturated carbocycles. The third-order valence-electron chi connectivity index (χ3n) is 2.16. The summed E-state index contributed by atoms with van der Waals surface area (Å²) >= 11 is 0. The molecule has 1 aromatic rings. The summed E-state index contributed by atoms with van der Waals surface area (Å²) < 4.78 is 0. The Labute approximate surface area is 75.6 Å². The number of benzene rings is 1. The van der Waals surface area contributed by atoms with Gasteiger partial charge in [-0.1, -0.05) is 18.2 Å². The van der Waals surface area contributed by atoms with Crippen molar-refractivity contribution in [2.24, 2.45) is 10.9 Å². The maximum atomic E-state index is 11.5. The molecule has 66 valence electrons. The summed E-state index contributed by atoms with van der Waals surface area (Å²) in [6.45, 7) is 0. The lowest BCUT2D eigenvalue weighted by Crippen LogP contribution is -2.26. The normalized spacial score (nSPS) is 18.1. The van der Waals surface area contributed by atoms with E-state index in [1.165, 1.54) is 0 Å². The fourth-order valence-corrected chi connectivity index (χ4v) is 1.47. The van der Waals surface area contributed by atoms with Gasteiger partial charge < -0.3 is 10.7 Å². The minimum atomic E-state index is -0.149. The quantitative estimate of drug-likeness (QED) is 0.456. The Morgan fingerprint density at radius 2 is 2.08 bits per heavy atom. The third kappa shape index (κ3) is 0.917. The van der Waals surface area contributed by atoms with Gasteiger partial charge in [-0.2, -0.15) is 5.10 Å². The summed E-state index contributed by atoms with van der Waals surface area (Å²) in [5.74, 6) is 4.99. The van der Waals surface area contributed by atoms with Crippen LogP contribution in [0, 0.1) is 0 Å². The van der Waals surface area contributed by atoms with Gasteiger partial charge >= 0.3 is 0 Å². The van der Waals surface area contributed by atoms with Crippen LogP contribution in [-0.4, -0.2) is 18.7 Å². The Morgan fingerprint density at radius 3 is 2.77 bits per heavy atom. The molecule has 1 aromatic carbocycles. The number of hydrazone groups is 1. The number of amides is 1. The van der Waals surface area contributed by atoms with Crippen molar-refractivity contribution >= 4 is 17.3 Å². The van der Waals surface area contributed by atoms with E-state index < -0.39 is 0 Å². The number of para-hydroxylation sites is 1. The number of likely N-dealkylation sites (N-methyl/N-ethyl adjacent to an activating group) is 1. The van der Waals surface area contributed by atoms with Crippen LogP contribution in [0.4, 0.5) is 5.69 Å². The van der Waals surface area contributed by atoms with Crippen molar-refractivity contribution in [3.05, 3.63) is 29.8 Å². The van der Waals surface area contributed by atoms with Gasteiger partial charge in [0.05, 0.1) is 5.69 Å². The van der Waals surface area contributed by atoms with Crippen molar-refractivity contribution in [3.8, 4) is 0 Å². The molecule has 0 bridgehead atoms. The molecule has 0 radical (unpaired) electrons. The summed E-state index contributed by atoms with van der Waals surface area (Å²) in [6, 6.07) is 7.44. The van der Waals surface area contributed by atoms with Crippen molar-refractivity contribution in [1.29, 1.82) is 0 Å². The topological polar surface area (TPSA) is 58.7 Å². The highest BCUT2D eigenvalue weighted by molar-refractivity contribution is 6.54. The van der Waals surface area contributed by atoms with Gasteiger partial charge in [-0.3, -0.25) is 4.79 Å². The van der Waals surface area contributed by atoms with Crippen LogP contribution in [0.2, 0.25) is 0 Å². The van der Waals surface area contributed by atoms with Crippen LogP contribution in [-0.2, 0) is 4.79 Å². The van der Waals surface area contributed by atoms with Gasteiger partial charge in [0.1, 0.15) is 0 Å². The molecule has 1 amide bonds. The molecule has 2 rings (SSSR count). The lowest BCUT2D eigenvalue weighted by atomic mass is 10.1. The molecule has 0 saturated heterocycles. The van der Waals surface area contributed by atoms with Gasteiger partial charge in [0.15, 0.2) is 5.71 Å². The second kappa shape index (κ2) is 2.58. The Kier molecular flexibility index (Phi) is 1.55. The van der Waals surface area contributed by atoms with E-state index in [2.05, 4.69) is 5.10 Å². The number of carbonyl (C=O) groups excluding carboxylic acids is 1. The van der Waals surface area contributed by atoms with Crippen LogP contribution in [0.3, 0.4) is 0 Å². The largest absolute Gasteiger partial charge is 0.322 e. The number of hydrogen-bond donors (Lipinski definition) is 1. The molecule has 0 aliphatic carbocycles. The van der Waals surface area contributed by atoms with Crippen molar-refractivity contribution in [1.82, 2.24) is 0 Å². The molecule has 0 spiro atoms. The Hall–Kier alpha value is -1.84. The summed E-state index contributed by atoms with van der Waals surface area (Å²) in [6.07, 6.45) is 0. The van der Waals surface area contributed by atoms with E-state index in [-0.39, 0.29) is 5.91 Å². The third-order valence-corrected chi connectivity index (χ3v) is 2.16.